The second-order valence-corrected chi connectivity index (χ2v) is 8.48. The van der Waals surface area contributed by atoms with Gasteiger partial charge in [-0.25, -0.2) is 4.45 Å². The molecule has 2 unspecified atom stereocenters. The van der Waals surface area contributed by atoms with Crippen LogP contribution in [0.2, 0.25) is 0 Å². The van der Waals surface area contributed by atoms with Crippen molar-refractivity contribution < 1.29 is 0 Å². The molecule has 126 valence electrons. The van der Waals surface area contributed by atoms with Crippen LogP contribution in [0.25, 0.3) is 22.0 Å². The molecule has 4 rings (SSSR count). The van der Waals surface area contributed by atoms with E-state index >= 15 is 0 Å². The highest BCUT2D eigenvalue weighted by atomic mass is 127. The van der Waals surface area contributed by atoms with Crippen LogP contribution >= 0.6 is 28.4 Å². The topological polar surface area (TPSA) is 47.7 Å². The van der Waals surface area contributed by atoms with E-state index < -0.39 is 0 Å². The maximum atomic E-state index is 4.65. The summed E-state index contributed by atoms with van der Waals surface area (Å²) in [6.07, 6.45) is 10.5. The first kappa shape index (κ1) is 16.5. The summed E-state index contributed by atoms with van der Waals surface area (Å²) in [6, 6.07) is 6.62. The first-order valence-electron chi connectivity index (χ1n) is 8.41. The fourth-order valence-electron chi connectivity index (χ4n) is 3.45. The number of aromatic nitrogens is 4. The van der Waals surface area contributed by atoms with Crippen molar-refractivity contribution in [1.82, 2.24) is 24.6 Å². The predicted molar refractivity (Wildman–Crippen MR) is 109 cm³/mol. The van der Waals surface area contributed by atoms with Gasteiger partial charge in [-0.1, -0.05) is 6.07 Å². The molecule has 0 amide bonds. The first-order chi connectivity index (χ1) is 11.8. The zero-order valence-corrected chi connectivity index (χ0v) is 16.6. The van der Waals surface area contributed by atoms with Gasteiger partial charge in [0.05, 0.1) is 24.3 Å². The van der Waals surface area contributed by atoms with Gasteiger partial charge in [-0.15, -0.1) is 0 Å². The fourth-order valence-corrected chi connectivity index (χ4v) is 4.53. The molecule has 2 aromatic heterocycles. The maximum absolute atomic E-state index is 4.65. The molecule has 0 radical (unpaired) electrons. The van der Waals surface area contributed by atoms with Crippen LogP contribution in [-0.2, 0) is 6.54 Å². The molecule has 1 aliphatic rings. The molecule has 1 aliphatic heterocycles. The second-order valence-electron chi connectivity index (χ2n) is 6.41. The van der Waals surface area contributed by atoms with Crippen molar-refractivity contribution in [2.75, 3.05) is 13.1 Å². The van der Waals surface area contributed by atoms with Gasteiger partial charge < -0.3 is 5.32 Å². The van der Waals surface area contributed by atoms with Gasteiger partial charge in [0, 0.05) is 23.7 Å². The molecule has 7 heteroatoms. The Kier molecular flexibility index (Phi) is 5.15. The Bertz CT molecular complexity index is 819. The lowest BCUT2D eigenvalue weighted by atomic mass is 10.0. The van der Waals surface area contributed by atoms with Crippen molar-refractivity contribution in [1.29, 1.82) is 0 Å². The number of halogens is 1. The zero-order chi connectivity index (χ0) is 16.4. The van der Waals surface area contributed by atoms with Crippen LogP contribution in [0.15, 0.2) is 36.8 Å². The predicted octanol–water partition coefficient (Wildman–Crippen LogP) is 4.08. The molecule has 1 aromatic carbocycles. The van der Waals surface area contributed by atoms with E-state index in [1.54, 1.807) is 0 Å². The van der Waals surface area contributed by atoms with Gasteiger partial charge in [0.15, 0.2) is 0 Å². The summed E-state index contributed by atoms with van der Waals surface area (Å²) in [5.41, 5.74) is 3.62. The van der Waals surface area contributed by atoms with Crippen molar-refractivity contribution in [2.24, 2.45) is 5.92 Å². The molecule has 0 bridgehead atoms. The van der Waals surface area contributed by atoms with Crippen molar-refractivity contribution in [3.05, 3.63) is 36.8 Å². The van der Waals surface area contributed by atoms with Crippen LogP contribution in [-0.4, -0.2) is 32.4 Å². The minimum absolute atomic E-state index is 0.637. The average Bonchev–Trinajstić information content (AvgIpc) is 3.16. The Morgan fingerprint density at radius 1 is 1.17 bits per heavy atom. The van der Waals surface area contributed by atoms with E-state index in [1.165, 1.54) is 41.3 Å². The van der Waals surface area contributed by atoms with Crippen molar-refractivity contribution in [3.63, 3.8) is 0 Å². The molecule has 0 aliphatic carbocycles. The third kappa shape index (κ3) is 3.51. The largest absolute Gasteiger partial charge is 0.317 e. The summed E-state index contributed by atoms with van der Waals surface area (Å²) >= 11 is 2.34. The number of fused-ring (bicyclic) bond motifs is 1. The molecule has 3 aromatic rings. The highest BCUT2D eigenvalue weighted by Gasteiger charge is 2.14. The number of hydrogen-bond donors (Lipinski definition) is 1. The Morgan fingerprint density at radius 2 is 2.12 bits per heavy atom. The first-order valence-corrected chi connectivity index (χ1v) is 12.5. The number of nitrogens with one attached hydrogen (secondary N) is 1. The van der Waals surface area contributed by atoms with Gasteiger partial charge in [-0.2, -0.15) is 10.2 Å². The Hall–Kier alpha value is -0.980. The maximum Gasteiger partial charge on any atom is 0.0682 e. The van der Waals surface area contributed by atoms with Crippen molar-refractivity contribution in [3.8, 4) is 11.1 Å². The van der Waals surface area contributed by atoms with E-state index in [4.69, 9.17) is 0 Å². The smallest absolute Gasteiger partial charge is 0.0682 e. The molecular formula is C17H21IN5P. The van der Waals surface area contributed by atoms with Crippen LogP contribution in [0.1, 0.15) is 19.3 Å². The lowest BCUT2D eigenvalue weighted by molar-refractivity contribution is 0.390. The number of nitrogens with zero attached hydrogens (tertiary/aromatic N) is 4. The molecule has 1 N–H and O–H groups in total. The Labute approximate surface area is 156 Å². The molecule has 24 heavy (non-hydrogen) atoms. The summed E-state index contributed by atoms with van der Waals surface area (Å²) in [5, 5.41) is 13.7. The van der Waals surface area contributed by atoms with Crippen LogP contribution < -0.4 is 5.32 Å². The summed E-state index contributed by atoms with van der Waals surface area (Å²) < 4.78 is 4.16. The summed E-state index contributed by atoms with van der Waals surface area (Å²) in [5.74, 6) is 0.727. The van der Waals surface area contributed by atoms with E-state index in [0.29, 0.717) is 6.37 Å². The molecular weight excluding hydrogens is 432 g/mol. The fraction of sp³-hybridized carbons (Fsp3) is 0.412. The third-order valence-corrected chi connectivity index (χ3v) is 6.67. The third-order valence-electron chi connectivity index (χ3n) is 4.77. The van der Waals surface area contributed by atoms with Crippen molar-refractivity contribution >= 4 is 39.3 Å². The number of hydrogen-bond acceptors (Lipinski definition) is 3. The average molecular weight is 453 g/mol. The van der Waals surface area contributed by atoms with Gasteiger partial charge in [0.1, 0.15) is 0 Å². The lowest BCUT2D eigenvalue weighted by Crippen LogP contribution is -2.16. The monoisotopic (exact) mass is 453 g/mol. The summed E-state index contributed by atoms with van der Waals surface area (Å²) in [4.78, 5) is 0. The van der Waals surface area contributed by atoms with Gasteiger partial charge in [-0.3, -0.25) is 4.68 Å². The highest BCUT2D eigenvalue weighted by Crippen LogP contribution is 2.29. The van der Waals surface area contributed by atoms with E-state index in [-0.39, 0.29) is 0 Å². The van der Waals surface area contributed by atoms with E-state index in [9.17, 15) is 0 Å². The van der Waals surface area contributed by atoms with Gasteiger partial charge in [0.2, 0.25) is 0 Å². The lowest BCUT2D eigenvalue weighted by Gasteiger charge is -2.14. The molecule has 3 heterocycles. The van der Waals surface area contributed by atoms with Crippen LogP contribution in [0.3, 0.4) is 0 Å². The SMILES string of the molecule is IPn1cc(-c2ccc3c(cnn3CC3CCCNCC3)c2)cn1. The molecule has 1 saturated heterocycles. The highest BCUT2D eigenvalue weighted by molar-refractivity contribution is 14.2. The molecule has 0 spiro atoms. The molecule has 0 saturated carbocycles. The normalized spacial score (nSPS) is 19.3. The minimum atomic E-state index is 0.637. The van der Waals surface area contributed by atoms with Crippen LogP contribution in [0.4, 0.5) is 0 Å². The summed E-state index contributed by atoms with van der Waals surface area (Å²) in [7, 11) is 0. The van der Waals surface area contributed by atoms with E-state index in [1.807, 2.05) is 16.8 Å². The van der Waals surface area contributed by atoms with Gasteiger partial charge >= 0.3 is 0 Å². The van der Waals surface area contributed by atoms with E-state index in [2.05, 4.69) is 66.6 Å². The van der Waals surface area contributed by atoms with E-state index in [0.717, 1.165) is 25.6 Å². The second kappa shape index (κ2) is 7.50. The van der Waals surface area contributed by atoms with Gasteiger partial charge in [-0.05, 0) is 78.0 Å². The molecule has 2 atom stereocenters. The summed E-state index contributed by atoms with van der Waals surface area (Å²) in [6.45, 7) is 3.32. The Morgan fingerprint density at radius 3 is 3.00 bits per heavy atom. The Balaban J connectivity index is 1.58. The number of rotatable bonds is 4. The zero-order valence-electron chi connectivity index (χ0n) is 13.5. The minimum Gasteiger partial charge on any atom is -0.317 e. The van der Waals surface area contributed by atoms with Gasteiger partial charge in [0.25, 0.3) is 0 Å². The van der Waals surface area contributed by atoms with Crippen molar-refractivity contribution in [2.45, 2.75) is 25.8 Å². The molecule has 5 nitrogen and oxygen atoms in total. The quantitative estimate of drug-likeness (QED) is 0.479. The van der Waals surface area contributed by atoms with Crippen LogP contribution in [0.5, 0.6) is 0 Å². The van der Waals surface area contributed by atoms with Crippen LogP contribution in [0, 0.1) is 5.92 Å². The molecule has 1 fully saturated rings. The number of benzene rings is 1. The standard InChI is InChI=1S/C17H21IN5P/c18-24-23-12-16(10-21-23)14-3-4-17-15(8-14)9-20-22(17)11-13-2-1-6-19-7-5-13/h3-4,8-10,12-13,19,24H,1-2,5-7,11H2.